The van der Waals surface area contributed by atoms with Gasteiger partial charge in [0.05, 0.1) is 5.52 Å². The maximum atomic E-state index is 8.46. The minimum atomic E-state index is 0.207. The summed E-state index contributed by atoms with van der Waals surface area (Å²) in [5.74, 6) is 0.207. The molecule has 1 heterocycles. The van der Waals surface area contributed by atoms with Crippen molar-refractivity contribution in [1.29, 1.82) is 0 Å². The molecule has 0 saturated heterocycles. The quantitative estimate of drug-likeness (QED) is 0.335. The molecule has 0 atom stereocenters. The number of fused-ring (bicyclic) bond motifs is 1. The van der Waals surface area contributed by atoms with Crippen LogP contribution in [0.2, 0.25) is 0 Å². The minimum absolute atomic E-state index is 0.207. The van der Waals surface area contributed by atoms with E-state index in [0.717, 1.165) is 16.5 Å². The number of benzene rings is 1. The van der Waals surface area contributed by atoms with Crippen LogP contribution in [0.3, 0.4) is 0 Å². The SMILES string of the molecule is N/C(Cc1ccc2ncccc2c1)=N\O. The number of hydrogen-bond acceptors (Lipinski definition) is 3. The van der Waals surface area contributed by atoms with Crippen molar-refractivity contribution in [3.8, 4) is 0 Å². The minimum Gasteiger partial charge on any atom is -0.409 e. The van der Waals surface area contributed by atoms with Crippen molar-refractivity contribution in [2.24, 2.45) is 10.9 Å². The van der Waals surface area contributed by atoms with Crippen LogP contribution in [-0.4, -0.2) is 16.0 Å². The summed E-state index contributed by atoms with van der Waals surface area (Å²) in [6, 6.07) is 9.71. The second-order valence-corrected chi connectivity index (χ2v) is 3.30. The first-order valence-electron chi connectivity index (χ1n) is 4.59. The Morgan fingerprint density at radius 3 is 3.07 bits per heavy atom. The summed E-state index contributed by atoms with van der Waals surface area (Å²) >= 11 is 0. The Morgan fingerprint density at radius 1 is 1.40 bits per heavy atom. The third-order valence-corrected chi connectivity index (χ3v) is 2.18. The zero-order chi connectivity index (χ0) is 10.7. The number of nitrogens with zero attached hydrogens (tertiary/aromatic N) is 2. The van der Waals surface area contributed by atoms with E-state index in [2.05, 4.69) is 10.1 Å². The number of aromatic nitrogens is 1. The summed E-state index contributed by atoms with van der Waals surface area (Å²) in [6.45, 7) is 0. The van der Waals surface area contributed by atoms with Gasteiger partial charge in [-0.2, -0.15) is 0 Å². The number of hydrogen-bond donors (Lipinski definition) is 2. The highest BCUT2D eigenvalue weighted by Crippen LogP contribution is 2.13. The number of pyridine rings is 1. The van der Waals surface area contributed by atoms with Crippen LogP contribution in [-0.2, 0) is 6.42 Å². The van der Waals surface area contributed by atoms with E-state index >= 15 is 0 Å². The van der Waals surface area contributed by atoms with Gasteiger partial charge in [-0.15, -0.1) is 0 Å². The molecule has 4 nitrogen and oxygen atoms in total. The first kappa shape index (κ1) is 9.45. The predicted molar refractivity (Wildman–Crippen MR) is 58.9 cm³/mol. The van der Waals surface area contributed by atoms with E-state index in [4.69, 9.17) is 10.9 Å². The lowest BCUT2D eigenvalue weighted by molar-refractivity contribution is 0.317. The second kappa shape index (κ2) is 3.96. The fraction of sp³-hybridized carbons (Fsp3) is 0.0909. The van der Waals surface area contributed by atoms with E-state index in [1.54, 1.807) is 6.20 Å². The van der Waals surface area contributed by atoms with Crippen molar-refractivity contribution < 1.29 is 5.21 Å². The van der Waals surface area contributed by atoms with Gasteiger partial charge >= 0.3 is 0 Å². The lowest BCUT2D eigenvalue weighted by Crippen LogP contribution is -2.14. The van der Waals surface area contributed by atoms with E-state index in [0.29, 0.717) is 6.42 Å². The average molecular weight is 201 g/mol. The summed E-state index contributed by atoms with van der Waals surface area (Å²) in [5, 5.41) is 12.5. The first-order chi connectivity index (χ1) is 7.29. The maximum Gasteiger partial charge on any atom is 0.143 e. The largest absolute Gasteiger partial charge is 0.409 e. The van der Waals surface area contributed by atoms with Crippen molar-refractivity contribution in [2.45, 2.75) is 6.42 Å². The van der Waals surface area contributed by atoms with Gasteiger partial charge in [-0.05, 0) is 23.8 Å². The van der Waals surface area contributed by atoms with E-state index in [-0.39, 0.29) is 5.84 Å². The fourth-order valence-electron chi connectivity index (χ4n) is 1.48. The van der Waals surface area contributed by atoms with Gasteiger partial charge in [-0.25, -0.2) is 0 Å². The molecule has 4 heteroatoms. The van der Waals surface area contributed by atoms with Crippen molar-refractivity contribution >= 4 is 16.7 Å². The Labute approximate surface area is 87.0 Å². The molecule has 15 heavy (non-hydrogen) atoms. The van der Waals surface area contributed by atoms with Crippen LogP contribution in [0.5, 0.6) is 0 Å². The van der Waals surface area contributed by atoms with Gasteiger partial charge in [0.1, 0.15) is 5.84 Å². The Kier molecular flexibility index (Phi) is 2.49. The molecule has 2 rings (SSSR count). The summed E-state index contributed by atoms with van der Waals surface area (Å²) in [7, 11) is 0. The Morgan fingerprint density at radius 2 is 2.27 bits per heavy atom. The normalized spacial score (nSPS) is 11.9. The third kappa shape index (κ3) is 2.04. The molecule has 0 fully saturated rings. The Balaban J connectivity index is 2.39. The molecule has 3 N–H and O–H groups in total. The number of amidine groups is 1. The fourth-order valence-corrected chi connectivity index (χ4v) is 1.48. The molecule has 0 amide bonds. The molecular weight excluding hydrogens is 190 g/mol. The van der Waals surface area contributed by atoms with Crippen molar-refractivity contribution in [2.75, 3.05) is 0 Å². The molecule has 2 aromatic rings. The van der Waals surface area contributed by atoms with Gasteiger partial charge in [0.25, 0.3) is 0 Å². The molecule has 1 aromatic carbocycles. The number of nitrogens with two attached hydrogens (primary N) is 1. The molecule has 0 aliphatic heterocycles. The first-order valence-corrected chi connectivity index (χ1v) is 4.59. The molecule has 0 aliphatic rings. The lowest BCUT2D eigenvalue weighted by atomic mass is 10.1. The molecule has 0 saturated carbocycles. The number of oxime groups is 1. The van der Waals surface area contributed by atoms with Crippen LogP contribution < -0.4 is 5.73 Å². The zero-order valence-corrected chi connectivity index (χ0v) is 8.09. The van der Waals surface area contributed by atoms with E-state index in [9.17, 15) is 0 Å². The summed E-state index contributed by atoms with van der Waals surface area (Å²) < 4.78 is 0. The van der Waals surface area contributed by atoms with Crippen LogP contribution in [0.4, 0.5) is 0 Å². The molecule has 0 bridgehead atoms. The highest BCUT2D eigenvalue weighted by atomic mass is 16.4. The van der Waals surface area contributed by atoms with Gasteiger partial charge in [0.15, 0.2) is 0 Å². The van der Waals surface area contributed by atoms with E-state index < -0.39 is 0 Å². The Hall–Kier alpha value is -2.10. The van der Waals surface area contributed by atoms with E-state index in [1.807, 2.05) is 30.3 Å². The topological polar surface area (TPSA) is 71.5 Å². The maximum absolute atomic E-state index is 8.46. The molecule has 0 spiro atoms. The summed E-state index contributed by atoms with van der Waals surface area (Å²) in [4.78, 5) is 4.21. The molecule has 0 aliphatic carbocycles. The summed E-state index contributed by atoms with van der Waals surface area (Å²) in [6.07, 6.45) is 2.20. The van der Waals surface area contributed by atoms with Crippen LogP contribution in [0, 0.1) is 0 Å². The van der Waals surface area contributed by atoms with Gasteiger partial charge in [0.2, 0.25) is 0 Å². The highest BCUT2D eigenvalue weighted by Gasteiger charge is 1.99. The van der Waals surface area contributed by atoms with Gasteiger partial charge in [-0.3, -0.25) is 4.98 Å². The van der Waals surface area contributed by atoms with Crippen LogP contribution in [0.1, 0.15) is 5.56 Å². The lowest BCUT2D eigenvalue weighted by Gasteiger charge is -2.01. The average Bonchev–Trinajstić information content (AvgIpc) is 2.29. The molecule has 76 valence electrons. The Bertz CT molecular complexity index is 508. The van der Waals surface area contributed by atoms with Crippen LogP contribution in [0.15, 0.2) is 41.7 Å². The molecule has 0 radical (unpaired) electrons. The standard InChI is InChI=1S/C11H11N3O/c12-11(14-15)7-8-3-4-10-9(6-8)2-1-5-13-10/h1-6,15H,7H2,(H2,12,14). The van der Waals surface area contributed by atoms with Crippen LogP contribution >= 0.6 is 0 Å². The van der Waals surface area contributed by atoms with Gasteiger partial charge in [0, 0.05) is 18.0 Å². The van der Waals surface area contributed by atoms with Crippen molar-refractivity contribution in [3.63, 3.8) is 0 Å². The molecule has 1 aromatic heterocycles. The van der Waals surface area contributed by atoms with Gasteiger partial charge < -0.3 is 10.9 Å². The zero-order valence-electron chi connectivity index (χ0n) is 8.09. The second-order valence-electron chi connectivity index (χ2n) is 3.30. The van der Waals surface area contributed by atoms with Crippen molar-refractivity contribution in [3.05, 3.63) is 42.1 Å². The molecule has 0 unspecified atom stereocenters. The van der Waals surface area contributed by atoms with Crippen molar-refractivity contribution in [1.82, 2.24) is 4.98 Å². The predicted octanol–water partition coefficient (Wildman–Crippen LogP) is 1.52. The molecular formula is C11H11N3O. The van der Waals surface area contributed by atoms with E-state index in [1.165, 1.54) is 0 Å². The third-order valence-electron chi connectivity index (χ3n) is 2.18. The summed E-state index contributed by atoms with van der Waals surface area (Å²) in [5.41, 5.74) is 7.38. The van der Waals surface area contributed by atoms with Gasteiger partial charge in [-0.1, -0.05) is 17.3 Å². The highest BCUT2D eigenvalue weighted by molar-refractivity contribution is 5.84. The smallest absolute Gasteiger partial charge is 0.143 e. The van der Waals surface area contributed by atoms with Crippen LogP contribution in [0.25, 0.3) is 10.9 Å². The monoisotopic (exact) mass is 201 g/mol. The number of rotatable bonds is 2.